The highest BCUT2D eigenvalue weighted by molar-refractivity contribution is 5.94. The largest absolute Gasteiger partial charge is 0.376 e. The van der Waals surface area contributed by atoms with Crippen LogP contribution in [0.25, 0.3) is 0 Å². The number of primary amides is 1. The van der Waals surface area contributed by atoms with Gasteiger partial charge in [0.2, 0.25) is 24.1 Å². The molecule has 0 heterocycles. The number of nitrogens with two attached hydrogens (primary N) is 1. The van der Waals surface area contributed by atoms with Crippen LogP contribution in [0.3, 0.4) is 0 Å². The van der Waals surface area contributed by atoms with Gasteiger partial charge in [-0.2, -0.15) is 0 Å². The van der Waals surface area contributed by atoms with Gasteiger partial charge in [-0.1, -0.05) is 55.4 Å². The van der Waals surface area contributed by atoms with Gasteiger partial charge in [-0.3, -0.25) is 24.0 Å². The van der Waals surface area contributed by atoms with Crippen LogP contribution < -0.4 is 21.7 Å². The summed E-state index contributed by atoms with van der Waals surface area (Å²) in [6.45, 7) is 24.2. The average molecular weight is 545 g/mol. The molecule has 0 aromatic carbocycles. The number of rotatable bonds is 16. The number of carbonyl (C=O) groups is 5. The summed E-state index contributed by atoms with van der Waals surface area (Å²) in [5.74, 6) is -1.09. The fourth-order valence-corrected chi connectivity index (χ4v) is 3.40. The quantitative estimate of drug-likeness (QED) is 0.219. The molecule has 1 unspecified atom stereocenters. The number of hydrogen-bond donors (Lipinski definition) is 4. The fourth-order valence-electron chi connectivity index (χ4n) is 3.40. The number of carbonyl (C=O) groups excluding carboxylic acids is 5. The van der Waals surface area contributed by atoms with Gasteiger partial charge in [0.15, 0.2) is 5.78 Å². The zero-order valence-corrected chi connectivity index (χ0v) is 25.9. The van der Waals surface area contributed by atoms with Gasteiger partial charge in [-0.25, -0.2) is 0 Å². The molecule has 0 spiro atoms. The molecule has 0 rings (SSSR count). The molecule has 0 aliphatic rings. The van der Waals surface area contributed by atoms with E-state index in [1.165, 1.54) is 0 Å². The van der Waals surface area contributed by atoms with E-state index in [0.717, 1.165) is 12.8 Å². The van der Waals surface area contributed by atoms with E-state index in [2.05, 4.69) is 43.6 Å². The maximum atomic E-state index is 12.0. The molecular formula is C28H56N4O6. The minimum Gasteiger partial charge on any atom is -0.376 e. The van der Waals surface area contributed by atoms with Crippen LogP contribution in [0.5, 0.6) is 0 Å². The number of amides is 4. The smallest absolute Gasteiger partial charge is 0.239 e. The summed E-state index contributed by atoms with van der Waals surface area (Å²) in [6, 6.07) is -0.751. The van der Waals surface area contributed by atoms with Crippen molar-refractivity contribution in [2.45, 2.75) is 120 Å². The Hall–Kier alpha value is -2.49. The predicted molar refractivity (Wildman–Crippen MR) is 152 cm³/mol. The molecule has 5 N–H and O–H groups in total. The first-order chi connectivity index (χ1) is 17.3. The summed E-state index contributed by atoms with van der Waals surface area (Å²) in [5.41, 5.74) is 4.50. The molecule has 0 radical (unpaired) electrons. The van der Waals surface area contributed by atoms with Gasteiger partial charge in [-0.05, 0) is 46.5 Å². The van der Waals surface area contributed by atoms with Crippen molar-refractivity contribution >= 4 is 29.9 Å². The first-order valence-electron chi connectivity index (χ1n) is 13.6. The van der Waals surface area contributed by atoms with Crippen LogP contribution in [-0.2, 0) is 28.7 Å². The van der Waals surface area contributed by atoms with Crippen LogP contribution in [-0.4, -0.2) is 60.8 Å². The number of nitrogens with one attached hydrogen (secondary N) is 3. The second-order valence-electron chi connectivity index (χ2n) is 11.3. The molecule has 38 heavy (non-hydrogen) atoms. The summed E-state index contributed by atoms with van der Waals surface area (Å²) in [5, 5.41) is 7.48. The average Bonchev–Trinajstić information content (AvgIpc) is 2.76. The van der Waals surface area contributed by atoms with Gasteiger partial charge >= 0.3 is 0 Å². The minimum atomic E-state index is -0.937. The van der Waals surface area contributed by atoms with Gasteiger partial charge in [0.1, 0.15) is 0 Å². The summed E-state index contributed by atoms with van der Waals surface area (Å²) in [6.07, 6.45) is 1.90. The third kappa shape index (κ3) is 21.6. The maximum Gasteiger partial charge on any atom is 0.239 e. The molecule has 0 aromatic rings. The Bertz CT molecular complexity index is 718. The van der Waals surface area contributed by atoms with Crippen molar-refractivity contribution in [1.82, 2.24) is 16.0 Å². The molecule has 10 nitrogen and oxygen atoms in total. The van der Waals surface area contributed by atoms with Crippen molar-refractivity contribution in [3.8, 4) is 0 Å². The molecule has 0 aliphatic heterocycles. The lowest BCUT2D eigenvalue weighted by Crippen LogP contribution is -2.47. The van der Waals surface area contributed by atoms with Crippen LogP contribution in [0.4, 0.5) is 0 Å². The van der Waals surface area contributed by atoms with Gasteiger partial charge in [0.25, 0.3) is 0 Å². The van der Waals surface area contributed by atoms with Crippen molar-refractivity contribution < 1.29 is 28.7 Å². The van der Waals surface area contributed by atoms with Crippen LogP contribution in [0, 0.1) is 17.3 Å². The molecule has 10 heteroatoms. The zero-order chi connectivity index (χ0) is 30.7. The lowest BCUT2D eigenvalue weighted by molar-refractivity contribution is -0.132. The number of ketones is 1. The second-order valence-corrected chi connectivity index (χ2v) is 11.3. The summed E-state index contributed by atoms with van der Waals surface area (Å²) < 4.78 is 5.95. The zero-order valence-electron chi connectivity index (χ0n) is 25.9. The topological polar surface area (TPSA) is 157 Å². The fraction of sp³-hybridized carbons (Fsp3) is 0.821. The van der Waals surface area contributed by atoms with Gasteiger partial charge < -0.3 is 26.4 Å². The van der Waals surface area contributed by atoms with Crippen LogP contribution in [0.15, 0.2) is 0 Å². The second kappa shape index (κ2) is 20.5. The van der Waals surface area contributed by atoms with Crippen molar-refractivity contribution in [1.29, 1.82) is 0 Å². The molecule has 4 amide bonds. The Morgan fingerprint density at radius 1 is 0.921 bits per heavy atom. The predicted octanol–water partition coefficient (Wildman–Crippen LogP) is 3.11. The van der Waals surface area contributed by atoms with Crippen molar-refractivity contribution in [2.75, 3.05) is 13.2 Å². The molecule has 0 saturated carbocycles. The summed E-state index contributed by atoms with van der Waals surface area (Å²) in [4.78, 5) is 55.8. The summed E-state index contributed by atoms with van der Waals surface area (Å²) >= 11 is 0. The molecule has 0 bridgehead atoms. The number of ether oxygens (including phenoxy) is 1. The normalized spacial score (nSPS) is 12.0. The van der Waals surface area contributed by atoms with E-state index in [1.54, 1.807) is 13.8 Å². The van der Waals surface area contributed by atoms with E-state index < -0.39 is 17.9 Å². The Kier molecular flexibility index (Phi) is 21.6. The third-order valence-electron chi connectivity index (χ3n) is 5.15. The standard InChI is InChI=1S/C16H33NO2.C10H17N3O4.C2H6/c1-12(2)11-16(7,8)19-10-9-15(5,6)14(18)17-13(3)4;1-6(2)10(17)7(3-8(11)15)13-9(16)4-12-5-14;1-2/h12-13H,9-11H2,1-8H3,(H,17,18);5-7H,3-4H2,1-2H3,(H2,11,15)(H,12,14)(H,13,16);1-2H3. The highest BCUT2D eigenvalue weighted by Gasteiger charge is 2.29. The Morgan fingerprint density at radius 2 is 1.45 bits per heavy atom. The number of hydrogen-bond acceptors (Lipinski definition) is 6. The first-order valence-corrected chi connectivity index (χ1v) is 13.6. The lowest BCUT2D eigenvalue weighted by atomic mass is 9.88. The number of Topliss-reactive ketones (excluding diaryl/α,β-unsaturated/α-hetero) is 1. The Balaban J connectivity index is -0.000000608. The molecule has 1 atom stereocenters. The summed E-state index contributed by atoms with van der Waals surface area (Å²) in [7, 11) is 0. The van der Waals surface area contributed by atoms with Gasteiger partial charge in [0, 0.05) is 24.0 Å². The highest BCUT2D eigenvalue weighted by atomic mass is 16.5. The molecule has 0 fully saturated rings. The molecule has 0 saturated heterocycles. The van der Waals surface area contributed by atoms with E-state index in [0.29, 0.717) is 18.9 Å². The Morgan fingerprint density at radius 3 is 1.84 bits per heavy atom. The van der Waals surface area contributed by atoms with Crippen LogP contribution in [0.2, 0.25) is 0 Å². The lowest BCUT2D eigenvalue weighted by Gasteiger charge is -2.30. The highest BCUT2D eigenvalue weighted by Crippen LogP contribution is 2.25. The van der Waals surface area contributed by atoms with E-state index in [-0.39, 0.29) is 47.6 Å². The molecule has 0 aromatic heterocycles. The van der Waals surface area contributed by atoms with E-state index >= 15 is 0 Å². The van der Waals surface area contributed by atoms with E-state index in [1.807, 2.05) is 41.5 Å². The van der Waals surface area contributed by atoms with Crippen LogP contribution in [0.1, 0.15) is 102 Å². The maximum absolute atomic E-state index is 12.0. The SMILES string of the molecule is CC.CC(C)C(=O)C(CC(N)=O)NC(=O)CNC=O.CC(C)CC(C)(C)OCCC(C)(C)C(=O)NC(C)C. The van der Waals surface area contributed by atoms with Gasteiger partial charge in [-0.15, -0.1) is 0 Å². The van der Waals surface area contributed by atoms with Crippen LogP contribution >= 0.6 is 0 Å². The molecule has 224 valence electrons. The van der Waals surface area contributed by atoms with Gasteiger partial charge in [0.05, 0.1) is 24.6 Å². The van der Waals surface area contributed by atoms with E-state index in [4.69, 9.17) is 10.5 Å². The van der Waals surface area contributed by atoms with Crippen molar-refractivity contribution in [3.05, 3.63) is 0 Å². The Labute approximate surface area is 231 Å². The first kappa shape index (κ1) is 40.0. The van der Waals surface area contributed by atoms with E-state index in [9.17, 15) is 24.0 Å². The molecular weight excluding hydrogens is 488 g/mol. The van der Waals surface area contributed by atoms with Crippen molar-refractivity contribution in [2.24, 2.45) is 23.0 Å². The molecule has 0 aliphatic carbocycles. The third-order valence-corrected chi connectivity index (χ3v) is 5.15. The monoisotopic (exact) mass is 544 g/mol. The van der Waals surface area contributed by atoms with Crippen molar-refractivity contribution in [3.63, 3.8) is 0 Å². The minimum absolute atomic E-state index is 0.104.